The lowest BCUT2D eigenvalue weighted by molar-refractivity contribution is -0.124. The predicted molar refractivity (Wildman–Crippen MR) is 79.5 cm³/mol. The standard InChI is InChI=1S/C13H18N2O6.ClH/c1-6(16)10(14)13(21)15-4-2-3-7-11(19)8(17)5-9(18)12(7)20;/h5-6,10,16-17,20H,2-4,14H2,1H3,(H,15,21);1H/t6-,10+;/m1./s1. The molecule has 1 rings (SSSR count). The molecule has 0 unspecified atom stereocenters. The summed E-state index contributed by atoms with van der Waals surface area (Å²) in [5, 5.41) is 30.3. The largest absolute Gasteiger partial charge is 0.504 e. The van der Waals surface area contributed by atoms with Crippen LogP contribution in [0.25, 0.3) is 0 Å². The molecule has 0 radical (unpaired) electrons. The molecular weight excluding hydrogens is 316 g/mol. The summed E-state index contributed by atoms with van der Waals surface area (Å²) in [6.45, 7) is 1.52. The summed E-state index contributed by atoms with van der Waals surface area (Å²) in [7, 11) is 0. The summed E-state index contributed by atoms with van der Waals surface area (Å²) >= 11 is 0. The second kappa shape index (κ2) is 8.52. The van der Waals surface area contributed by atoms with Crippen molar-refractivity contribution in [1.82, 2.24) is 5.32 Å². The fourth-order valence-corrected chi connectivity index (χ4v) is 1.71. The topological polar surface area (TPSA) is 150 Å². The highest BCUT2D eigenvalue weighted by molar-refractivity contribution is 6.20. The summed E-state index contributed by atoms with van der Waals surface area (Å²) in [5.74, 6) is -3.59. The van der Waals surface area contributed by atoms with Crippen LogP contribution in [0.15, 0.2) is 23.2 Å². The molecule has 0 aromatic rings. The van der Waals surface area contributed by atoms with Crippen molar-refractivity contribution in [2.24, 2.45) is 5.73 Å². The number of halogens is 1. The van der Waals surface area contributed by atoms with Gasteiger partial charge in [0, 0.05) is 18.2 Å². The van der Waals surface area contributed by atoms with Gasteiger partial charge >= 0.3 is 0 Å². The predicted octanol–water partition coefficient (Wildman–Crippen LogP) is -0.581. The van der Waals surface area contributed by atoms with Crippen LogP contribution < -0.4 is 11.1 Å². The van der Waals surface area contributed by atoms with Gasteiger partial charge in [-0.25, -0.2) is 0 Å². The van der Waals surface area contributed by atoms with Crippen LogP contribution in [0.3, 0.4) is 0 Å². The molecule has 124 valence electrons. The van der Waals surface area contributed by atoms with E-state index in [1.54, 1.807) is 0 Å². The van der Waals surface area contributed by atoms with E-state index < -0.39 is 41.1 Å². The van der Waals surface area contributed by atoms with E-state index >= 15 is 0 Å². The van der Waals surface area contributed by atoms with Gasteiger partial charge in [0.05, 0.1) is 6.10 Å². The Morgan fingerprint density at radius 3 is 2.50 bits per heavy atom. The normalized spacial score (nSPS) is 17.5. The molecular formula is C13H19ClN2O6. The minimum Gasteiger partial charge on any atom is -0.504 e. The SMILES string of the molecule is C[C@@H](O)[C@H](N)C(=O)NCCCC1=C(O)C(=O)C=C(O)C1=O.Cl. The van der Waals surface area contributed by atoms with Gasteiger partial charge in [0.1, 0.15) is 6.04 Å². The first-order valence-corrected chi connectivity index (χ1v) is 6.38. The number of nitrogens with two attached hydrogens (primary N) is 1. The monoisotopic (exact) mass is 334 g/mol. The van der Waals surface area contributed by atoms with Crippen LogP contribution >= 0.6 is 12.4 Å². The second-order valence-electron chi connectivity index (χ2n) is 4.71. The Kier molecular flexibility index (Phi) is 7.78. The fraction of sp³-hybridized carbons (Fsp3) is 0.462. The lowest BCUT2D eigenvalue weighted by Crippen LogP contribution is -2.47. The summed E-state index contributed by atoms with van der Waals surface area (Å²) in [6, 6.07) is -1.05. The van der Waals surface area contributed by atoms with Crippen molar-refractivity contribution < 1.29 is 29.7 Å². The Morgan fingerprint density at radius 1 is 1.36 bits per heavy atom. The van der Waals surface area contributed by atoms with Gasteiger partial charge in [-0.2, -0.15) is 0 Å². The minimum atomic E-state index is -1.05. The first-order valence-electron chi connectivity index (χ1n) is 6.38. The number of hydrogen-bond acceptors (Lipinski definition) is 7. The molecule has 0 aromatic carbocycles. The smallest absolute Gasteiger partial charge is 0.239 e. The number of rotatable bonds is 6. The molecule has 0 saturated heterocycles. The molecule has 0 fully saturated rings. The van der Waals surface area contributed by atoms with Crippen LogP contribution in [0.5, 0.6) is 0 Å². The van der Waals surface area contributed by atoms with E-state index in [1.807, 2.05) is 0 Å². The molecule has 1 aliphatic carbocycles. The molecule has 2 atom stereocenters. The van der Waals surface area contributed by atoms with E-state index in [2.05, 4.69) is 5.32 Å². The fourth-order valence-electron chi connectivity index (χ4n) is 1.71. The van der Waals surface area contributed by atoms with Crippen molar-refractivity contribution in [2.45, 2.75) is 31.9 Å². The molecule has 0 heterocycles. The number of aliphatic hydroxyl groups excluding tert-OH is 3. The van der Waals surface area contributed by atoms with Crippen LogP contribution in [-0.4, -0.2) is 51.5 Å². The number of amides is 1. The van der Waals surface area contributed by atoms with E-state index in [-0.39, 0.29) is 37.4 Å². The van der Waals surface area contributed by atoms with Crippen LogP contribution in [0.1, 0.15) is 19.8 Å². The Labute approximate surface area is 133 Å². The van der Waals surface area contributed by atoms with Gasteiger partial charge in [0.2, 0.25) is 17.5 Å². The van der Waals surface area contributed by atoms with E-state index in [9.17, 15) is 24.6 Å². The molecule has 0 aliphatic heterocycles. The lowest BCUT2D eigenvalue weighted by Gasteiger charge is -2.15. The molecule has 8 nitrogen and oxygen atoms in total. The summed E-state index contributed by atoms with van der Waals surface area (Å²) in [6.07, 6.45) is -0.0658. The maximum atomic E-state index is 11.6. The molecule has 0 saturated carbocycles. The first kappa shape index (κ1) is 20.1. The molecule has 22 heavy (non-hydrogen) atoms. The van der Waals surface area contributed by atoms with E-state index in [0.29, 0.717) is 6.08 Å². The van der Waals surface area contributed by atoms with Gasteiger partial charge < -0.3 is 26.4 Å². The Balaban J connectivity index is 0.00000441. The zero-order valence-corrected chi connectivity index (χ0v) is 12.7. The average Bonchev–Trinajstić information content (AvgIpc) is 2.43. The molecule has 0 aromatic heterocycles. The van der Waals surface area contributed by atoms with E-state index in [0.717, 1.165) is 0 Å². The molecule has 1 aliphatic rings. The summed E-state index contributed by atoms with van der Waals surface area (Å²) < 4.78 is 0. The highest BCUT2D eigenvalue weighted by Gasteiger charge is 2.27. The summed E-state index contributed by atoms with van der Waals surface area (Å²) in [5.41, 5.74) is 5.23. The zero-order valence-electron chi connectivity index (χ0n) is 11.9. The molecule has 9 heteroatoms. The number of carbonyl (C=O) groups is 3. The van der Waals surface area contributed by atoms with Gasteiger partial charge in [-0.15, -0.1) is 12.4 Å². The second-order valence-corrected chi connectivity index (χ2v) is 4.71. The Morgan fingerprint density at radius 2 is 1.95 bits per heavy atom. The van der Waals surface area contributed by atoms with Crippen molar-refractivity contribution in [1.29, 1.82) is 0 Å². The van der Waals surface area contributed by atoms with E-state index in [1.165, 1.54) is 6.92 Å². The van der Waals surface area contributed by atoms with Crippen molar-refractivity contribution >= 4 is 29.9 Å². The maximum Gasteiger partial charge on any atom is 0.239 e. The number of ketones is 2. The maximum absolute atomic E-state index is 11.6. The van der Waals surface area contributed by atoms with Crippen molar-refractivity contribution in [3.63, 3.8) is 0 Å². The third kappa shape index (κ3) is 4.83. The average molecular weight is 335 g/mol. The Hall–Kier alpha value is -1.90. The third-order valence-electron chi connectivity index (χ3n) is 3.02. The highest BCUT2D eigenvalue weighted by Crippen LogP contribution is 2.20. The minimum absolute atomic E-state index is 0. The zero-order chi connectivity index (χ0) is 16.2. The number of hydrogen-bond donors (Lipinski definition) is 5. The quantitative estimate of drug-likeness (QED) is 0.322. The highest BCUT2D eigenvalue weighted by atomic mass is 35.5. The lowest BCUT2D eigenvalue weighted by atomic mass is 9.96. The number of carbonyl (C=O) groups excluding carboxylic acids is 3. The van der Waals surface area contributed by atoms with Gasteiger partial charge in [0.25, 0.3) is 0 Å². The van der Waals surface area contributed by atoms with Crippen LogP contribution in [0, 0.1) is 0 Å². The van der Waals surface area contributed by atoms with Crippen molar-refractivity contribution in [3.05, 3.63) is 23.2 Å². The first-order chi connectivity index (χ1) is 9.75. The molecule has 6 N–H and O–H groups in total. The number of Topliss-reactive ketones (excluding diaryl/α,β-unsaturated/α-hetero) is 1. The van der Waals surface area contributed by atoms with Gasteiger partial charge in [-0.1, -0.05) is 0 Å². The number of allylic oxidation sites excluding steroid dienone is 2. The van der Waals surface area contributed by atoms with Gasteiger partial charge in [-0.3, -0.25) is 14.4 Å². The number of nitrogens with one attached hydrogen (secondary N) is 1. The molecule has 1 amide bonds. The van der Waals surface area contributed by atoms with Crippen LogP contribution in [0.4, 0.5) is 0 Å². The molecule has 0 spiro atoms. The third-order valence-corrected chi connectivity index (χ3v) is 3.02. The van der Waals surface area contributed by atoms with Gasteiger partial charge in [0.15, 0.2) is 11.5 Å². The summed E-state index contributed by atoms with van der Waals surface area (Å²) in [4.78, 5) is 34.3. The van der Waals surface area contributed by atoms with Crippen LogP contribution in [0.2, 0.25) is 0 Å². The molecule has 0 bridgehead atoms. The van der Waals surface area contributed by atoms with Crippen molar-refractivity contribution in [3.8, 4) is 0 Å². The van der Waals surface area contributed by atoms with Gasteiger partial charge in [-0.05, 0) is 19.8 Å². The van der Waals surface area contributed by atoms with Crippen molar-refractivity contribution in [2.75, 3.05) is 6.54 Å². The van der Waals surface area contributed by atoms with Crippen LogP contribution in [-0.2, 0) is 14.4 Å². The van der Waals surface area contributed by atoms with E-state index in [4.69, 9.17) is 10.8 Å². The number of aliphatic hydroxyl groups is 3. The Bertz CT molecular complexity index is 527.